The Morgan fingerprint density at radius 2 is 1.90 bits per heavy atom. The highest BCUT2D eigenvalue weighted by Crippen LogP contribution is 2.26. The van der Waals surface area contributed by atoms with Crippen LogP contribution in [0.15, 0.2) is 6.33 Å². The van der Waals surface area contributed by atoms with Gasteiger partial charge < -0.3 is 5.11 Å². The molecule has 0 spiro atoms. The molecule has 0 bridgehead atoms. The number of aliphatic hydroxyl groups excluding tert-OH is 1. The first-order chi connectivity index (χ1) is 9.40. The van der Waals surface area contributed by atoms with Gasteiger partial charge in [-0.05, 0) is 40.3 Å². The molecular weight excluding hydrogens is 252 g/mol. The fourth-order valence-electron chi connectivity index (χ4n) is 2.86. The molecule has 0 aromatic carbocycles. The van der Waals surface area contributed by atoms with E-state index in [2.05, 4.69) is 56.5 Å². The van der Waals surface area contributed by atoms with Crippen LogP contribution in [-0.4, -0.2) is 49.5 Å². The van der Waals surface area contributed by atoms with Gasteiger partial charge >= 0.3 is 0 Å². The van der Waals surface area contributed by atoms with Crippen LogP contribution < -0.4 is 0 Å². The molecule has 0 aliphatic heterocycles. The number of rotatable bonds is 8. The minimum atomic E-state index is -0.450. The van der Waals surface area contributed by atoms with Crippen molar-refractivity contribution < 1.29 is 5.11 Å². The molecule has 1 rings (SSSR count). The lowest BCUT2D eigenvalue weighted by molar-refractivity contribution is -0.0205. The van der Waals surface area contributed by atoms with Gasteiger partial charge in [-0.3, -0.25) is 4.90 Å². The predicted octanol–water partition coefficient (Wildman–Crippen LogP) is 2.27. The molecule has 0 amide bonds. The zero-order valence-corrected chi connectivity index (χ0v) is 13.8. The highest BCUT2D eigenvalue weighted by atomic mass is 16.3. The Hall–Kier alpha value is -0.940. The second kappa shape index (κ2) is 7.18. The molecule has 2 unspecified atom stereocenters. The van der Waals surface area contributed by atoms with E-state index in [9.17, 15) is 5.11 Å². The summed E-state index contributed by atoms with van der Waals surface area (Å²) in [6, 6.07) is 0.265. The van der Waals surface area contributed by atoms with Crippen LogP contribution in [0.1, 0.15) is 59.8 Å². The molecule has 0 radical (unpaired) electrons. The molecule has 0 aliphatic carbocycles. The smallest absolute Gasteiger partial charge is 0.138 e. The number of hydrogen-bond acceptors (Lipinski definition) is 4. The van der Waals surface area contributed by atoms with Crippen molar-refractivity contribution in [2.45, 2.75) is 72.1 Å². The molecule has 1 heterocycles. The highest BCUT2D eigenvalue weighted by Gasteiger charge is 2.36. The minimum absolute atomic E-state index is 0.225. The Bertz CT molecular complexity index is 400. The van der Waals surface area contributed by atoms with E-state index in [1.165, 1.54) is 0 Å². The molecule has 0 saturated heterocycles. The number of likely N-dealkylation sites (N-methyl/N-ethyl adjacent to an activating group) is 1. The van der Waals surface area contributed by atoms with Crippen LogP contribution in [0.2, 0.25) is 0 Å². The van der Waals surface area contributed by atoms with Crippen molar-refractivity contribution in [1.29, 1.82) is 0 Å². The first kappa shape index (κ1) is 17.1. The van der Waals surface area contributed by atoms with Gasteiger partial charge in [0.15, 0.2) is 0 Å². The lowest BCUT2D eigenvalue weighted by Gasteiger charge is -2.43. The first-order valence-corrected chi connectivity index (χ1v) is 7.72. The standard InChI is InChI=1S/C15H30N4O/c1-7-15(6,18(8-2)9-3)13(20)10-14-16-11-17-19(14)12(4)5/h11-13,20H,7-10H2,1-6H3. The Balaban J connectivity index is 2.92. The third-order valence-corrected chi connectivity index (χ3v) is 4.43. The molecule has 0 aliphatic rings. The third-order valence-electron chi connectivity index (χ3n) is 4.43. The zero-order chi connectivity index (χ0) is 15.3. The number of hydrogen-bond donors (Lipinski definition) is 1. The highest BCUT2D eigenvalue weighted by molar-refractivity contribution is 4.98. The lowest BCUT2D eigenvalue weighted by atomic mass is 9.87. The number of aromatic nitrogens is 3. The van der Waals surface area contributed by atoms with Gasteiger partial charge in [0.25, 0.3) is 0 Å². The lowest BCUT2D eigenvalue weighted by Crippen LogP contribution is -2.55. The van der Waals surface area contributed by atoms with E-state index < -0.39 is 6.10 Å². The van der Waals surface area contributed by atoms with Gasteiger partial charge in [0.2, 0.25) is 0 Å². The summed E-state index contributed by atoms with van der Waals surface area (Å²) in [4.78, 5) is 6.64. The zero-order valence-electron chi connectivity index (χ0n) is 13.8. The first-order valence-electron chi connectivity index (χ1n) is 7.72. The van der Waals surface area contributed by atoms with Crippen molar-refractivity contribution in [3.8, 4) is 0 Å². The predicted molar refractivity (Wildman–Crippen MR) is 81.7 cm³/mol. The molecule has 1 aromatic heterocycles. The van der Waals surface area contributed by atoms with Crippen LogP contribution in [0, 0.1) is 0 Å². The van der Waals surface area contributed by atoms with Crippen LogP contribution in [-0.2, 0) is 6.42 Å². The summed E-state index contributed by atoms with van der Waals surface area (Å²) >= 11 is 0. The van der Waals surface area contributed by atoms with Gasteiger partial charge in [0.05, 0.1) is 6.10 Å². The molecule has 5 heteroatoms. The average Bonchev–Trinajstić information content (AvgIpc) is 2.87. The van der Waals surface area contributed by atoms with Crippen molar-refractivity contribution >= 4 is 0 Å². The molecule has 0 fully saturated rings. The van der Waals surface area contributed by atoms with Crippen LogP contribution in [0.4, 0.5) is 0 Å². The van der Waals surface area contributed by atoms with Gasteiger partial charge in [-0.2, -0.15) is 5.10 Å². The minimum Gasteiger partial charge on any atom is -0.391 e. The van der Waals surface area contributed by atoms with E-state index >= 15 is 0 Å². The van der Waals surface area contributed by atoms with Crippen LogP contribution >= 0.6 is 0 Å². The topological polar surface area (TPSA) is 54.2 Å². The van der Waals surface area contributed by atoms with E-state index in [-0.39, 0.29) is 11.6 Å². The maximum Gasteiger partial charge on any atom is 0.138 e. The Morgan fingerprint density at radius 1 is 1.30 bits per heavy atom. The summed E-state index contributed by atoms with van der Waals surface area (Å²) in [5, 5.41) is 15.0. The van der Waals surface area contributed by atoms with E-state index in [0.717, 1.165) is 25.3 Å². The fraction of sp³-hybridized carbons (Fsp3) is 0.867. The number of aliphatic hydroxyl groups is 1. The van der Waals surface area contributed by atoms with Gasteiger partial charge in [0.1, 0.15) is 12.2 Å². The summed E-state index contributed by atoms with van der Waals surface area (Å²) in [7, 11) is 0. The Morgan fingerprint density at radius 3 is 2.35 bits per heavy atom. The van der Waals surface area contributed by atoms with Crippen molar-refractivity contribution in [3.63, 3.8) is 0 Å². The van der Waals surface area contributed by atoms with E-state index in [4.69, 9.17) is 0 Å². The van der Waals surface area contributed by atoms with Gasteiger partial charge in [-0.25, -0.2) is 9.67 Å². The molecule has 116 valence electrons. The Kier molecular flexibility index (Phi) is 6.14. The van der Waals surface area contributed by atoms with Crippen molar-refractivity contribution in [2.75, 3.05) is 13.1 Å². The fourth-order valence-corrected chi connectivity index (χ4v) is 2.86. The van der Waals surface area contributed by atoms with E-state index in [0.29, 0.717) is 6.42 Å². The van der Waals surface area contributed by atoms with Gasteiger partial charge in [-0.1, -0.05) is 20.8 Å². The van der Waals surface area contributed by atoms with Crippen LogP contribution in [0.25, 0.3) is 0 Å². The largest absolute Gasteiger partial charge is 0.391 e. The summed E-state index contributed by atoms with van der Waals surface area (Å²) in [6.07, 6.45) is 2.57. The van der Waals surface area contributed by atoms with Crippen molar-refractivity contribution in [1.82, 2.24) is 19.7 Å². The summed E-state index contributed by atoms with van der Waals surface area (Å²) in [5.74, 6) is 0.860. The SMILES string of the molecule is CCN(CC)C(C)(CC)C(O)Cc1ncnn1C(C)C. The second-order valence-electron chi connectivity index (χ2n) is 5.82. The quantitative estimate of drug-likeness (QED) is 0.794. The maximum absolute atomic E-state index is 10.8. The van der Waals surface area contributed by atoms with Gasteiger partial charge in [-0.15, -0.1) is 0 Å². The summed E-state index contributed by atoms with van der Waals surface area (Å²) in [5.41, 5.74) is -0.225. The molecule has 0 saturated carbocycles. The van der Waals surface area contributed by atoms with Gasteiger partial charge in [0, 0.05) is 18.0 Å². The molecule has 20 heavy (non-hydrogen) atoms. The average molecular weight is 282 g/mol. The molecule has 1 aromatic rings. The number of nitrogens with zero attached hydrogens (tertiary/aromatic N) is 4. The normalized spacial score (nSPS) is 16.6. The van der Waals surface area contributed by atoms with E-state index in [1.807, 2.05) is 4.68 Å². The maximum atomic E-state index is 10.8. The third kappa shape index (κ3) is 3.38. The monoisotopic (exact) mass is 282 g/mol. The molecule has 5 nitrogen and oxygen atoms in total. The van der Waals surface area contributed by atoms with Crippen LogP contribution in [0.3, 0.4) is 0 Å². The molecule has 1 N–H and O–H groups in total. The van der Waals surface area contributed by atoms with Crippen molar-refractivity contribution in [3.05, 3.63) is 12.2 Å². The van der Waals surface area contributed by atoms with Crippen LogP contribution in [0.5, 0.6) is 0 Å². The summed E-state index contributed by atoms with van der Waals surface area (Å²) < 4.78 is 1.89. The molecule has 2 atom stereocenters. The summed E-state index contributed by atoms with van der Waals surface area (Å²) in [6.45, 7) is 14.6. The van der Waals surface area contributed by atoms with E-state index in [1.54, 1.807) is 6.33 Å². The molecular formula is C15H30N4O. The Labute approximate surface area is 123 Å². The second-order valence-corrected chi connectivity index (χ2v) is 5.82. The van der Waals surface area contributed by atoms with Crippen molar-refractivity contribution in [2.24, 2.45) is 0 Å².